The Kier molecular flexibility index (Phi) is 5.23. The molecule has 0 atom stereocenters. The molecule has 2 fully saturated rings. The van der Waals surface area contributed by atoms with Gasteiger partial charge < -0.3 is 10.2 Å². The number of nitro groups is 1. The molecule has 0 radical (unpaired) electrons. The molecule has 144 valence electrons. The minimum Gasteiger partial charge on any atom is -0.379 e. The van der Waals surface area contributed by atoms with Crippen LogP contribution >= 0.6 is 0 Å². The summed E-state index contributed by atoms with van der Waals surface area (Å²) < 4.78 is 27.0. The van der Waals surface area contributed by atoms with Crippen molar-refractivity contribution in [3.8, 4) is 0 Å². The maximum Gasteiger partial charge on any atom is 0.293 e. The molecule has 1 heterocycles. The van der Waals surface area contributed by atoms with Gasteiger partial charge in [0.25, 0.3) is 5.69 Å². The Balaban J connectivity index is 1.82. The number of rotatable bonds is 7. The first-order valence-electron chi connectivity index (χ1n) is 8.98. The van der Waals surface area contributed by atoms with Gasteiger partial charge in [-0.3, -0.25) is 10.1 Å². The zero-order valence-electron chi connectivity index (χ0n) is 15.3. The zero-order chi connectivity index (χ0) is 18.9. The highest BCUT2D eigenvalue weighted by atomic mass is 32.2. The van der Waals surface area contributed by atoms with Gasteiger partial charge in [-0.15, -0.1) is 0 Å². The molecule has 0 bridgehead atoms. The Bertz CT molecular complexity index is 784. The number of nitrogens with zero attached hydrogens (tertiary/aromatic N) is 3. The van der Waals surface area contributed by atoms with E-state index in [1.54, 1.807) is 0 Å². The summed E-state index contributed by atoms with van der Waals surface area (Å²) in [7, 11) is -1.78. The first-order chi connectivity index (χ1) is 12.3. The van der Waals surface area contributed by atoms with E-state index in [-0.39, 0.29) is 16.0 Å². The third-order valence-corrected chi connectivity index (χ3v) is 7.52. The highest BCUT2D eigenvalue weighted by Gasteiger charge is 2.40. The van der Waals surface area contributed by atoms with Crippen LogP contribution in [0.25, 0.3) is 0 Å². The molecule has 26 heavy (non-hydrogen) atoms. The van der Waals surface area contributed by atoms with Crippen LogP contribution in [0, 0.1) is 15.5 Å². The van der Waals surface area contributed by atoms with Gasteiger partial charge in [-0.25, -0.2) is 8.42 Å². The SMILES string of the molecule is CCC1(CNc2ccc(S(=O)(=O)N3CCN(C)CC3)cc2[N+](=O)[O-])CC1. The zero-order valence-corrected chi connectivity index (χ0v) is 16.1. The lowest BCUT2D eigenvalue weighted by Gasteiger charge is -2.31. The van der Waals surface area contributed by atoms with Crippen molar-refractivity contribution < 1.29 is 13.3 Å². The lowest BCUT2D eigenvalue weighted by Crippen LogP contribution is -2.47. The molecular formula is C17H26N4O4S. The van der Waals surface area contributed by atoms with Gasteiger partial charge in [0.1, 0.15) is 5.69 Å². The Hall–Kier alpha value is -1.71. The molecular weight excluding hydrogens is 356 g/mol. The minimum absolute atomic E-state index is 0.0177. The topological polar surface area (TPSA) is 95.8 Å². The van der Waals surface area contributed by atoms with Gasteiger partial charge in [-0.1, -0.05) is 6.92 Å². The quantitative estimate of drug-likeness (QED) is 0.573. The second-order valence-electron chi connectivity index (χ2n) is 7.35. The standard InChI is InChI=1S/C17H26N4O4S/c1-3-17(6-7-17)13-18-15-5-4-14(12-16(15)21(22)23)26(24,25)20-10-8-19(2)9-11-20/h4-5,12,18H,3,6-11,13H2,1-2H3. The number of hydrogen-bond acceptors (Lipinski definition) is 6. The normalized spacial score (nSPS) is 20.7. The van der Waals surface area contributed by atoms with Gasteiger partial charge in [0, 0.05) is 38.8 Å². The molecule has 3 rings (SSSR count). The van der Waals surface area contributed by atoms with Crippen molar-refractivity contribution in [3.05, 3.63) is 28.3 Å². The van der Waals surface area contributed by atoms with Crippen LogP contribution in [0.5, 0.6) is 0 Å². The molecule has 1 N–H and O–H groups in total. The van der Waals surface area contributed by atoms with E-state index < -0.39 is 14.9 Å². The highest BCUT2D eigenvalue weighted by Crippen LogP contribution is 2.48. The first-order valence-corrected chi connectivity index (χ1v) is 10.4. The molecule has 1 aliphatic heterocycles. The second-order valence-corrected chi connectivity index (χ2v) is 9.29. The molecule has 9 heteroatoms. The van der Waals surface area contributed by atoms with Crippen molar-refractivity contribution in [2.75, 3.05) is 45.1 Å². The maximum absolute atomic E-state index is 12.8. The van der Waals surface area contributed by atoms with E-state index in [4.69, 9.17) is 0 Å². The number of hydrogen-bond donors (Lipinski definition) is 1. The molecule has 0 aromatic heterocycles. The summed E-state index contributed by atoms with van der Waals surface area (Å²) in [5, 5.41) is 14.6. The Morgan fingerprint density at radius 2 is 1.88 bits per heavy atom. The summed E-state index contributed by atoms with van der Waals surface area (Å²) in [6.45, 7) is 4.89. The Labute approximate surface area is 154 Å². The molecule has 0 spiro atoms. The smallest absolute Gasteiger partial charge is 0.293 e. The van der Waals surface area contributed by atoms with Crippen LogP contribution in [0.3, 0.4) is 0 Å². The lowest BCUT2D eigenvalue weighted by molar-refractivity contribution is -0.384. The van der Waals surface area contributed by atoms with Gasteiger partial charge in [-0.2, -0.15) is 4.31 Å². The summed E-state index contributed by atoms with van der Waals surface area (Å²) in [6.07, 6.45) is 3.28. The van der Waals surface area contributed by atoms with Gasteiger partial charge in [0.05, 0.1) is 9.82 Å². The van der Waals surface area contributed by atoms with E-state index >= 15 is 0 Å². The predicted molar refractivity (Wildman–Crippen MR) is 99.8 cm³/mol. The van der Waals surface area contributed by atoms with E-state index in [0.29, 0.717) is 38.4 Å². The maximum atomic E-state index is 12.8. The van der Waals surface area contributed by atoms with Crippen LogP contribution in [0.2, 0.25) is 0 Å². The van der Waals surface area contributed by atoms with Crippen molar-refractivity contribution in [1.82, 2.24) is 9.21 Å². The second kappa shape index (κ2) is 7.13. The van der Waals surface area contributed by atoms with Gasteiger partial charge in [-0.05, 0) is 43.9 Å². The van der Waals surface area contributed by atoms with E-state index in [1.807, 2.05) is 7.05 Å². The average Bonchev–Trinajstić information content (AvgIpc) is 3.40. The summed E-state index contributed by atoms with van der Waals surface area (Å²) >= 11 is 0. The molecule has 1 aliphatic carbocycles. The van der Waals surface area contributed by atoms with Crippen LogP contribution in [-0.2, 0) is 10.0 Å². The van der Waals surface area contributed by atoms with E-state index in [0.717, 1.165) is 19.3 Å². The third-order valence-electron chi connectivity index (χ3n) is 5.63. The molecule has 1 aromatic carbocycles. The van der Waals surface area contributed by atoms with Crippen molar-refractivity contribution in [2.45, 2.75) is 31.1 Å². The summed E-state index contributed by atoms with van der Waals surface area (Å²) in [5.74, 6) is 0. The van der Waals surface area contributed by atoms with E-state index in [2.05, 4.69) is 17.1 Å². The number of nitrogens with one attached hydrogen (secondary N) is 1. The monoisotopic (exact) mass is 382 g/mol. The van der Waals surface area contributed by atoms with Crippen molar-refractivity contribution in [3.63, 3.8) is 0 Å². The fourth-order valence-electron chi connectivity index (χ4n) is 3.26. The highest BCUT2D eigenvalue weighted by molar-refractivity contribution is 7.89. The van der Waals surface area contributed by atoms with Crippen LogP contribution in [0.15, 0.2) is 23.1 Å². The number of piperazine rings is 1. The van der Waals surface area contributed by atoms with Crippen LogP contribution in [-0.4, -0.2) is 62.3 Å². The third kappa shape index (κ3) is 3.84. The van der Waals surface area contributed by atoms with E-state index in [1.165, 1.54) is 22.5 Å². The van der Waals surface area contributed by atoms with Gasteiger partial charge in [0.15, 0.2) is 0 Å². The first kappa shape index (κ1) is 19.1. The number of anilines is 1. The fraction of sp³-hybridized carbons (Fsp3) is 0.647. The molecule has 1 aromatic rings. The number of nitro benzene ring substituents is 1. The number of sulfonamides is 1. The van der Waals surface area contributed by atoms with Gasteiger partial charge >= 0.3 is 0 Å². The van der Waals surface area contributed by atoms with Crippen molar-refractivity contribution >= 4 is 21.4 Å². The predicted octanol–water partition coefficient (Wildman–Crippen LogP) is 2.13. The molecule has 1 saturated heterocycles. The lowest BCUT2D eigenvalue weighted by atomic mass is 10.0. The molecule has 8 nitrogen and oxygen atoms in total. The molecule has 0 unspecified atom stereocenters. The number of benzene rings is 1. The summed E-state index contributed by atoms with van der Waals surface area (Å²) in [5.41, 5.74) is 0.428. The van der Waals surface area contributed by atoms with E-state index in [9.17, 15) is 18.5 Å². The minimum atomic E-state index is -3.72. The summed E-state index contributed by atoms with van der Waals surface area (Å²) in [6, 6.07) is 4.17. The van der Waals surface area contributed by atoms with Crippen LogP contribution in [0.1, 0.15) is 26.2 Å². The average molecular weight is 382 g/mol. The number of likely N-dealkylation sites (N-methyl/N-ethyl adjacent to an activating group) is 1. The van der Waals surface area contributed by atoms with Gasteiger partial charge in [0.2, 0.25) is 10.0 Å². The Morgan fingerprint density at radius 1 is 1.23 bits per heavy atom. The van der Waals surface area contributed by atoms with Crippen molar-refractivity contribution in [2.24, 2.45) is 5.41 Å². The summed E-state index contributed by atoms with van der Waals surface area (Å²) in [4.78, 5) is 13.0. The molecule has 2 aliphatic rings. The molecule has 0 amide bonds. The largest absolute Gasteiger partial charge is 0.379 e. The van der Waals surface area contributed by atoms with Crippen LogP contribution in [0.4, 0.5) is 11.4 Å². The van der Waals surface area contributed by atoms with Crippen LogP contribution < -0.4 is 5.32 Å². The molecule has 1 saturated carbocycles. The fourth-order valence-corrected chi connectivity index (χ4v) is 4.71. The van der Waals surface area contributed by atoms with Crippen molar-refractivity contribution in [1.29, 1.82) is 0 Å². The Morgan fingerprint density at radius 3 is 2.42 bits per heavy atom.